The van der Waals surface area contributed by atoms with Crippen LogP contribution in [0.25, 0.3) is 0 Å². The van der Waals surface area contributed by atoms with Gasteiger partial charge in [-0.3, -0.25) is 9.59 Å². The molecule has 32 heavy (non-hydrogen) atoms. The third-order valence-corrected chi connectivity index (χ3v) is 7.73. The maximum absolute atomic E-state index is 12.9. The van der Waals surface area contributed by atoms with Crippen molar-refractivity contribution in [2.24, 2.45) is 22.7 Å². The third kappa shape index (κ3) is 4.41. The fourth-order valence-corrected chi connectivity index (χ4v) is 7.20. The van der Waals surface area contributed by atoms with Gasteiger partial charge in [0.25, 0.3) is 0 Å². The lowest BCUT2D eigenvalue weighted by Gasteiger charge is -2.62. The molecule has 6 nitrogen and oxygen atoms in total. The standard InChI is InChI=1S/C26H32N4O2/c1-17-3-5-21(27-14-17)29-23(31)12-25-8-19-7-20(9-25)11-26(10-19,16-25)13-24(32)30-22-6-4-18(2)15-28-22/h3-6,14-15,19-20H,7-13,16H2,1-2H3,(H,27,29,31)(H,28,30,32). The molecule has 0 aromatic carbocycles. The minimum atomic E-state index is 0.0151. The Kier molecular flexibility index (Phi) is 5.26. The molecule has 4 aliphatic rings. The van der Waals surface area contributed by atoms with Crippen LogP contribution < -0.4 is 10.6 Å². The molecule has 0 atom stereocenters. The van der Waals surface area contributed by atoms with E-state index in [2.05, 4.69) is 20.6 Å². The van der Waals surface area contributed by atoms with E-state index in [4.69, 9.17) is 0 Å². The van der Waals surface area contributed by atoms with Gasteiger partial charge in [-0.05, 0) is 98.3 Å². The molecule has 0 radical (unpaired) electrons. The Morgan fingerprint density at radius 3 is 1.62 bits per heavy atom. The number of rotatable bonds is 6. The van der Waals surface area contributed by atoms with Gasteiger partial charge < -0.3 is 10.6 Å². The normalized spacial score (nSPS) is 30.2. The Balaban J connectivity index is 1.27. The van der Waals surface area contributed by atoms with Crippen molar-refractivity contribution >= 4 is 23.5 Å². The zero-order valence-corrected chi connectivity index (χ0v) is 19.0. The lowest BCUT2D eigenvalue weighted by Crippen LogP contribution is -2.53. The van der Waals surface area contributed by atoms with Gasteiger partial charge in [0.1, 0.15) is 11.6 Å². The zero-order valence-electron chi connectivity index (χ0n) is 19.0. The van der Waals surface area contributed by atoms with E-state index < -0.39 is 0 Å². The second-order valence-electron chi connectivity index (χ2n) is 10.9. The van der Waals surface area contributed by atoms with Crippen LogP contribution in [0.4, 0.5) is 11.6 Å². The van der Waals surface area contributed by atoms with E-state index >= 15 is 0 Å². The highest BCUT2D eigenvalue weighted by Gasteiger charge is 2.58. The average molecular weight is 433 g/mol. The van der Waals surface area contributed by atoms with Crippen molar-refractivity contribution in [3.63, 3.8) is 0 Å². The predicted molar refractivity (Wildman–Crippen MR) is 124 cm³/mol. The van der Waals surface area contributed by atoms with Crippen molar-refractivity contribution in [2.75, 3.05) is 10.6 Å². The number of hydrogen-bond acceptors (Lipinski definition) is 4. The van der Waals surface area contributed by atoms with E-state index in [1.165, 1.54) is 6.42 Å². The summed E-state index contributed by atoms with van der Waals surface area (Å²) in [6.45, 7) is 3.97. The second kappa shape index (κ2) is 7.98. The summed E-state index contributed by atoms with van der Waals surface area (Å²) >= 11 is 0. The molecular weight excluding hydrogens is 400 g/mol. The van der Waals surface area contributed by atoms with Crippen LogP contribution in [0.2, 0.25) is 0 Å². The maximum atomic E-state index is 12.9. The number of hydrogen-bond donors (Lipinski definition) is 2. The van der Waals surface area contributed by atoms with E-state index in [0.717, 1.165) is 43.2 Å². The van der Waals surface area contributed by atoms with Crippen LogP contribution in [0.1, 0.15) is 62.5 Å². The number of carbonyl (C=O) groups is 2. The number of carbonyl (C=O) groups excluding carboxylic acids is 2. The summed E-state index contributed by atoms with van der Waals surface area (Å²) in [4.78, 5) is 34.5. The first-order valence-electron chi connectivity index (χ1n) is 11.8. The number of anilines is 2. The molecule has 0 unspecified atom stereocenters. The summed E-state index contributed by atoms with van der Waals surface area (Å²) in [5.41, 5.74) is 2.18. The van der Waals surface area contributed by atoms with Gasteiger partial charge >= 0.3 is 0 Å². The van der Waals surface area contributed by atoms with Gasteiger partial charge in [-0.15, -0.1) is 0 Å². The van der Waals surface area contributed by atoms with Crippen molar-refractivity contribution in [1.29, 1.82) is 0 Å². The van der Waals surface area contributed by atoms with Crippen LogP contribution in [0.5, 0.6) is 0 Å². The van der Waals surface area contributed by atoms with E-state index in [0.29, 0.717) is 36.3 Å². The molecule has 0 aliphatic heterocycles. The van der Waals surface area contributed by atoms with Crippen molar-refractivity contribution in [2.45, 2.75) is 65.2 Å². The molecule has 6 rings (SSSR count). The highest BCUT2D eigenvalue weighted by molar-refractivity contribution is 5.91. The number of amides is 2. The van der Waals surface area contributed by atoms with Gasteiger partial charge in [-0.25, -0.2) is 9.97 Å². The Hall–Kier alpha value is -2.76. The second-order valence-corrected chi connectivity index (χ2v) is 10.9. The number of pyridine rings is 2. The van der Waals surface area contributed by atoms with Crippen LogP contribution in [0.15, 0.2) is 36.7 Å². The molecule has 0 spiro atoms. The summed E-state index contributed by atoms with van der Waals surface area (Å²) < 4.78 is 0. The van der Waals surface area contributed by atoms with Crippen LogP contribution in [-0.4, -0.2) is 21.8 Å². The minimum Gasteiger partial charge on any atom is -0.311 e. The number of aromatic nitrogens is 2. The zero-order chi connectivity index (χ0) is 22.3. The topological polar surface area (TPSA) is 84.0 Å². The number of nitrogens with one attached hydrogen (secondary N) is 2. The first-order valence-corrected chi connectivity index (χ1v) is 11.8. The van der Waals surface area contributed by atoms with Gasteiger partial charge in [-0.2, -0.15) is 0 Å². The average Bonchev–Trinajstić information content (AvgIpc) is 2.69. The molecule has 4 aliphatic carbocycles. The molecule has 2 N–H and O–H groups in total. The Labute approximate surface area is 189 Å². The minimum absolute atomic E-state index is 0.0151. The Morgan fingerprint density at radius 1 is 0.812 bits per heavy atom. The van der Waals surface area contributed by atoms with Gasteiger partial charge in [0.15, 0.2) is 0 Å². The van der Waals surface area contributed by atoms with E-state index in [-0.39, 0.29) is 22.6 Å². The monoisotopic (exact) mass is 432 g/mol. The summed E-state index contributed by atoms with van der Waals surface area (Å²) in [5, 5.41) is 5.99. The van der Waals surface area contributed by atoms with Crippen molar-refractivity contribution < 1.29 is 9.59 Å². The van der Waals surface area contributed by atoms with Gasteiger partial charge in [0, 0.05) is 25.2 Å². The van der Waals surface area contributed by atoms with Crippen molar-refractivity contribution in [1.82, 2.24) is 9.97 Å². The molecular formula is C26H32N4O2. The van der Waals surface area contributed by atoms with Crippen LogP contribution in [0, 0.1) is 36.5 Å². The van der Waals surface area contributed by atoms with Crippen molar-refractivity contribution in [3.05, 3.63) is 47.8 Å². The molecule has 2 aromatic rings. The van der Waals surface area contributed by atoms with E-state index in [1.54, 1.807) is 12.4 Å². The molecule has 2 heterocycles. The Morgan fingerprint density at radius 2 is 1.25 bits per heavy atom. The summed E-state index contributed by atoms with van der Waals surface area (Å²) in [6, 6.07) is 7.64. The predicted octanol–water partition coefficient (Wildman–Crippen LogP) is 5.04. The van der Waals surface area contributed by atoms with E-state index in [1.807, 2.05) is 38.1 Å². The Bertz CT molecular complexity index is 922. The highest BCUT2D eigenvalue weighted by Crippen LogP contribution is 2.67. The third-order valence-electron chi connectivity index (χ3n) is 7.73. The molecule has 4 bridgehead atoms. The maximum Gasteiger partial charge on any atom is 0.226 e. The van der Waals surface area contributed by atoms with Crippen LogP contribution in [-0.2, 0) is 9.59 Å². The lowest BCUT2D eigenvalue weighted by atomic mass is 9.43. The summed E-state index contributed by atoms with van der Waals surface area (Å²) in [6.07, 6.45) is 11.3. The molecule has 2 aromatic heterocycles. The van der Waals surface area contributed by atoms with Gasteiger partial charge in [-0.1, -0.05) is 12.1 Å². The fourth-order valence-electron chi connectivity index (χ4n) is 7.20. The fraction of sp³-hybridized carbons (Fsp3) is 0.538. The molecule has 4 saturated carbocycles. The van der Waals surface area contributed by atoms with Gasteiger partial charge in [0.2, 0.25) is 11.8 Å². The summed E-state index contributed by atoms with van der Waals surface area (Å²) in [5.74, 6) is 2.59. The van der Waals surface area contributed by atoms with Crippen LogP contribution >= 0.6 is 0 Å². The van der Waals surface area contributed by atoms with Crippen LogP contribution in [0.3, 0.4) is 0 Å². The molecule has 0 saturated heterocycles. The van der Waals surface area contributed by atoms with Crippen molar-refractivity contribution in [3.8, 4) is 0 Å². The molecule has 4 fully saturated rings. The highest BCUT2D eigenvalue weighted by atomic mass is 16.2. The largest absolute Gasteiger partial charge is 0.311 e. The molecule has 2 amide bonds. The quantitative estimate of drug-likeness (QED) is 0.670. The molecule has 168 valence electrons. The molecule has 6 heteroatoms. The van der Waals surface area contributed by atoms with Gasteiger partial charge in [0.05, 0.1) is 0 Å². The first kappa shape index (κ1) is 21.1. The number of aryl methyl sites for hydroxylation is 2. The SMILES string of the molecule is Cc1ccc(NC(=O)CC23CC4CC(C2)CC(CC(=O)Nc2ccc(C)cn2)(C4)C3)nc1. The van der Waals surface area contributed by atoms with E-state index in [9.17, 15) is 9.59 Å². The lowest BCUT2D eigenvalue weighted by molar-refractivity contribution is -0.142. The smallest absolute Gasteiger partial charge is 0.226 e. The number of nitrogens with zero attached hydrogens (tertiary/aromatic N) is 2. The summed E-state index contributed by atoms with van der Waals surface area (Å²) in [7, 11) is 0. The first-order chi connectivity index (χ1) is 15.3.